The number of anilines is 4. The summed E-state index contributed by atoms with van der Waals surface area (Å²) in [6.45, 7) is 19.8. The molecule has 0 bridgehead atoms. The van der Waals surface area contributed by atoms with Crippen molar-refractivity contribution in [1.82, 2.24) is 15.0 Å². The van der Waals surface area contributed by atoms with Crippen LogP contribution >= 0.6 is 0 Å². The molecule has 0 fully saturated rings. The maximum Gasteiger partial charge on any atom is 0.232 e. The van der Waals surface area contributed by atoms with Gasteiger partial charge in [-0.1, -0.05) is 651 Å². The van der Waals surface area contributed by atoms with Gasteiger partial charge in [-0.05, 0) is 50.5 Å². The van der Waals surface area contributed by atoms with E-state index in [0.29, 0.717) is 91.9 Å². The molecule has 0 saturated heterocycles. The third-order valence-corrected chi connectivity index (χ3v) is 30.3. The van der Waals surface area contributed by atoms with Crippen LogP contribution in [0.3, 0.4) is 0 Å². The highest BCUT2D eigenvalue weighted by molar-refractivity contribution is 5.70. The minimum absolute atomic E-state index is 0.417. The summed E-state index contributed by atoms with van der Waals surface area (Å²) in [6.07, 6.45) is 129. The largest absolute Gasteiger partial charge is 0.489 e. The molecule has 0 unspecified atom stereocenters. The zero-order chi connectivity index (χ0) is 101. The van der Waals surface area contributed by atoms with Gasteiger partial charge in [0.2, 0.25) is 23.4 Å². The molecule has 0 aliphatic heterocycles. The first kappa shape index (κ1) is 129. The van der Waals surface area contributed by atoms with Gasteiger partial charge in [0.25, 0.3) is 0 Å². The fourth-order valence-corrected chi connectivity index (χ4v) is 20.8. The van der Waals surface area contributed by atoms with Gasteiger partial charge in [-0.2, -0.15) is 15.0 Å². The summed E-state index contributed by atoms with van der Waals surface area (Å²) in [5.41, 5.74) is 3.74. The molecule has 0 saturated carbocycles. The summed E-state index contributed by atoms with van der Waals surface area (Å²) >= 11 is 0. The van der Waals surface area contributed by atoms with Gasteiger partial charge in [-0.15, -0.1) is 0 Å². The molecule has 0 radical (unpaired) electrons. The van der Waals surface area contributed by atoms with Crippen molar-refractivity contribution in [3.63, 3.8) is 0 Å². The van der Waals surface area contributed by atoms with Crippen molar-refractivity contribution in [2.75, 3.05) is 50.3 Å². The van der Waals surface area contributed by atoms with E-state index in [-0.39, 0.29) is 0 Å². The minimum Gasteiger partial charge on any atom is -0.489 e. The van der Waals surface area contributed by atoms with Crippen molar-refractivity contribution in [3.05, 3.63) is 54.1 Å². The molecule has 1 aromatic heterocycles. The van der Waals surface area contributed by atoms with Gasteiger partial charge in [0.05, 0.1) is 39.6 Å². The molecule has 3 aromatic carbocycles. The van der Waals surface area contributed by atoms with Gasteiger partial charge in [0.1, 0.15) is 0 Å². The fraction of sp³-hybridized carbons (Fsp3) is 0.840. The van der Waals surface area contributed by atoms with Gasteiger partial charge in [0, 0.05) is 41.2 Å². The molecule has 4 rings (SSSR count). The van der Waals surface area contributed by atoms with E-state index in [9.17, 15) is 0 Å². The molecule has 0 aliphatic rings. The third kappa shape index (κ3) is 77.4. The van der Waals surface area contributed by atoms with Crippen LogP contribution in [0.25, 0.3) is 11.4 Å². The van der Waals surface area contributed by atoms with Gasteiger partial charge >= 0.3 is 0 Å². The van der Waals surface area contributed by atoms with Crippen LogP contribution < -0.4 is 39.1 Å². The lowest BCUT2D eigenvalue weighted by atomic mass is 10.0. The first-order chi connectivity index (χ1) is 70.5. The van der Waals surface area contributed by atoms with Crippen molar-refractivity contribution in [2.24, 2.45) is 0 Å². The van der Waals surface area contributed by atoms with Gasteiger partial charge in [-0.25, -0.2) is 0 Å². The molecule has 0 amide bonds. The van der Waals surface area contributed by atoms with Crippen molar-refractivity contribution >= 4 is 23.3 Å². The Morgan fingerprint density at radius 3 is 0.472 bits per heavy atom. The number of hydrogen-bond acceptors (Lipinski definition) is 11. The highest BCUT2D eigenvalue weighted by Gasteiger charge is 2.22. The molecule has 1 heterocycles. The van der Waals surface area contributed by atoms with Crippen LogP contribution in [-0.2, 0) is 6.42 Å². The Morgan fingerprint density at radius 2 is 0.317 bits per heavy atom. The van der Waals surface area contributed by atoms with E-state index in [1.54, 1.807) is 0 Å². The number of benzene rings is 3. The van der Waals surface area contributed by atoms with Crippen LogP contribution in [0.15, 0.2) is 48.5 Å². The van der Waals surface area contributed by atoms with E-state index in [1.165, 1.54) is 545 Å². The Kier molecular flexibility index (Phi) is 92.8. The van der Waals surface area contributed by atoms with Gasteiger partial charge in [-0.3, -0.25) is 0 Å². The molecule has 4 aromatic rings. The number of rotatable bonds is 114. The van der Waals surface area contributed by atoms with Crippen molar-refractivity contribution in [2.45, 2.75) is 671 Å². The lowest BCUT2D eigenvalue weighted by Crippen LogP contribution is -2.09. The number of aryl methyl sites for hydroxylation is 1. The minimum atomic E-state index is 0.417. The Hall–Kier alpha value is -4.93. The molecule has 142 heavy (non-hydrogen) atoms. The SMILES string of the molecule is CCCCCCCCCCCCCCCCCCOc1cc(Nc2nc(Nc3cc(OCCCCCCCCCCCCCCCCCC)c(OCCCCCCCCCCCCCCCCCC)c(OCCCCCCCCCCCCCCCCCC)c3)nc(-c3ccc(CC)cc3)n2)cc(OCCCCCCCCCCCCCCCCCC)c1OCCCCCCCCCCCCCCCCCC. The van der Waals surface area contributed by atoms with Crippen LogP contribution in [0.1, 0.15) is 670 Å². The average molecular weight is 1980 g/mol. The highest BCUT2D eigenvalue weighted by atomic mass is 16.5. The normalized spacial score (nSPS) is 11.6. The van der Waals surface area contributed by atoms with Gasteiger partial charge in [0.15, 0.2) is 28.8 Å². The third-order valence-electron chi connectivity index (χ3n) is 30.3. The molecular weight excluding hydrogens is 1740 g/mol. The predicted molar refractivity (Wildman–Crippen MR) is 624 cm³/mol. The van der Waals surface area contributed by atoms with Crippen molar-refractivity contribution in [3.8, 4) is 45.9 Å². The quantitative estimate of drug-likeness (QED) is 0.0412. The monoisotopic (exact) mass is 1980 g/mol. The maximum atomic E-state index is 7.05. The van der Waals surface area contributed by atoms with Crippen molar-refractivity contribution < 1.29 is 28.4 Å². The number of aromatic nitrogens is 3. The molecular formula is C131H237N5O6. The van der Waals surface area contributed by atoms with Crippen LogP contribution in [0, 0.1) is 0 Å². The molecule has 2 N–H and O–H groups in total. The Balaban J connectivity index is 1.69. The van der Waals surface area contributed by atoms with Crippen LogP contribution in [0.4, 0.5) is 23.3 Å². The van der Waals surface area contributed by atoms with Crippen LogP contribution in [-0.4, -0.2) is 54.6 Å². The second-order valence-electron chi connectivity index (χ2n) is 44.1. The Bertz CT molecular complexity index is 2970. The first-order valence-corrected chi connectivity index (χ1v) is 64.0. The van der Waals surface area contributed by atoms with E-state index >= 15 is 0 Å². The summed E-state index contributed by atoms with van der Waals surface area (Å²) in [5.74, 6) is 5.68. The zero-order valence-electron chi connectivity index (χ0n) is 95.7. The molecule has 0 atom stereocenters. The fourth-order valence-electron chi connectivity index (χ4n) is 20.8. The second-order valence-corrected chi connectivity index (χ2v) is 44.1. The summed E-state index contributed by atoms with van der Waals surface area (Å²) in [6, 6.07) is 17.2. The second kappa shape index (κ2) is 102. The number of hydrogen-bond donors (Lipinski definition) is 2. The Labute approximate surface area is 882 Å². The molecule has 11 heteroatoms. The van der Waals surface area contributed by atoms with E-state index in [0.717, 1.165) is 100 Å². The van der Waals surface area contributed by atoms with E-state index in [4.69, 9.17) is 43.4 Å². The summed E-state index contributed by atoms with van der Waals surface area (Å²) in [4.78, 5) is 16.0. The summed E-state index contributed by atoms with van der Waals surface area (Å²) < 4.78 is 42.3. The molecule has 11 nitrogen and oxygen atoms in total. The lowest BCUT2D eigenvalue weighted by Gasteiger charge is -2.20. The predicted octanol–water partition coefficient (Wildman–Crippen LogP) is 45.4. The van der Waals surface area contributed by atoms with E-state index in [2.05, 4.69) is 108 Å². The van der Waals surface area contributed by atoms with Crippen LogP contribution in [0.2, 0.25) is 0 Å². The topological polar surface area (TPSA) is 118 Å². The van der Waals surface area contributed by atoms with Crippen LogP contribution in [0.5, 0.6) is 34.5 Å². The smallest absolute Gasteiger partial charge is 0.232 e. The van der Waals surface area contributed by atoms with Crippen molar-refractivity contribution in [1.29, 1.82) is 0 Å². The summed E-state index contributed by atoms with van der Waals surface area (Å²) in [5, 5.41) is 7.54. The number of ether oxygens (including phenoxy) is 6. The Morgan fingerprint density at radius 1 is 0.169 bits per heavy atom. The lowest BCUT2D eigenvalue weighted by molar-refractivity contribution is 0.234. The van der Waals surface area contributed by atoms with E-state index in [1.807, 2.05) is 0 Å². The first-order valence-electron chi connectivity index (χ1n) is 64.0. The summed E-state index contributed by atoms with van der Waals surface area (Å²) in [7, 11) is 0. The number of nitrogens with one attached hydrogen (secondary N) is 2. The highest BCUT2D eigenvalue weighted by Crippen LogP contribution is 2.45. The average Bonchev–Trinajstić information content (AvgIpc) is 0.801. The molecule has 0 aliphatic carbocycles. The number of nitrogens with zero attached hydrogens (tertiary/aromatic N) is 3. The molecule has 822 valence electrons. The maximum absolute atomic E-state index is 7.05. The number of unbranched alkanes of at least 4 members (excludes halogenated alkanes) is 90. The standard InChI is InChI=1S/C131H237N5O6/c1-8-15-21-27-33-39-45-51-57-63-69-75-81-87-93-99-109-137-123-115-121(116-124(138-110-100-94-88-82-76-70-64-58-52-46-40-34-28-22-16-9-2)127(123)141-113-103-97-91-85-79-73-67-61-55-49-43-37-31-25-19-12-5)132-130-134-129(120-107-105-119(14-7)106-108-120)135-131(136-130)133-122-117-125(139-111-101-95-89-83-77-71-65-59-53-47-41-35-29-23-17-10-3)128(142-114-104-98-92-86-80-74-68-62-56-50-44-38-32-26-20-13-6)126(118-122)140-112-102-96-90-84-78-72-66-60-54-48-42-36-30-24-18-11-4/h105-108,115-118H,8-104,109-114H2,1-7H3,(H2,132,133,134,135,136). The molecule has 0 spiro atoms. The zero-order valence-corrected chi connectivity index (χ0v) is 95.7. The van der Waals surface area contributed by atoms with Gasteiger partial charge < -0.3 is 39.1 Å². The van der Waals surface area contributed by atoms with E-state index < -0.39 is 0 Å².